The number of carbonyl (C=O) groups is 1. The van der Waals surface area contributed by atoms with Crippen LogP contribution in [-0.2, 0) is 9.53 Å². The predicted molar refractivity (Wildman–Crippen MR) is 73.2 cm³/mol. The van der Waals surface area contributed by atoms with Crippen LogP contribution in [0, 0.1) is 0 Å². The third kappa shape index (κ3) is 4.18. The summed E-state index contributed by atoms with van der Waals surface area (Å²) in [5, 5.41) is 12.7. The van der Waals surface area contributed by atoms with Crippen LogP contribution in [-0.4, -0.2) is 37.4 Å². The molecular weight excluding hydrogens is 308 g/mol. The predicted octanol–water partition coefficient (Wildman–Crippen LogP) is 2.03. The van der Waals surface area contributed by atoms with Crippen molar-refractivity contribution in [1.29, 1.82) is 0 Å². The molecule has 1 saturated heterocycles. The molecule has 1 aromatic rings. The Kier molecular flexibility index (Phi) is 6.17. The van der Waals surface area contributed by atoms with Crippen molar-refractivity contribution in [1.82, 2.24) is 5.32 Å². The first-order valence-corrected chi connectivity index (χ1v) is 6.10. The quantitative estimate of drug-likeness (QED) is 0.830. The summed E-state index contributed by atoms with van der Waals surface area (Å²) >= 11 is 0. The molecule has 0 amide bonds. The zero-order valence-corrected chi connectivity index (χ0v) is 12.0. The Morgan fingerprint density at radius 3 is 2.76 bits per heavy atom. The first kappa shape index (κ1) is 17.5. The van der Waals surface area contributed by atoms with E-state index in [0.717, 1.165) is 5.56 Å². The van der Waals surface area contributed by atoms with E-state index in [1.807, 2.05) is 0 Å². The molecule has 0 bridgehead atoms. The number of phenolic OH excluding ortho intramolecular Hbond substituents is 1. The van der Waals surface area contributed by atoms with Crippen molar-refractivity contribution < 1.29 is 28.2 Å². The molecule has 0 aromatic heterocycles. The zero-order valence-electron chi connectivity index (χ0n) is 11.2. The molecular formula is C13H16ClF2NO4. The number of methoxy groups -OCH3 is 1. The minimum absolute atomic E-state index is 0. The van der Waals surface area contributed by atoms with Crippen molar-refractivity contribution in [3.8, 4) is 11.5 Å². The van der Waals surface area contributed by atoms with Gasteiger partial charge < -0.3 is 19.9 Å². The van der Waals surface area contributed by atoms with E-state index < -0.39 is 6.61 Å². The highest BCUT2D eigenvalue weighted by molar-refractivity contribution is 5.85. The molecule has 0 saturated carbocycles. The molecule has 8 heteroatoms. The average Bonchev–Trinajstić information content (AvgIpc) is 2.89. The Hall–Kier alpha value is -1.60. The van der Waals surface area contributed by atoms with Crippen LogP contribution in [0.15, 0.2) is 18.2 Å². The van der Waals surface area contributed by atoms with E-state index in [0.29, 0.717) is 13.0 Å². The van der Waals surface area contributed by atoms with E-state index in [-0.39, 0.29) is 41.8 Å². The number of ether oxygens (including phenoxy) is 2. The fourth-order valence-electron chi connectivity index (χ4n) is 2.30. The van der Waals surface area contributed by atoms with E-state index in [9.17, 15) is 18.7 Å². The molecule has 1 heterocycles. The fourth-order valence-corrected chi connectivity index (χ4v) is 2.30. The number of benzene rings is 1. The number of phenols is 1. The topological polar surface area (TPSA) is 67.8 Å². The molecule has 1 aliphatic rings. The first-order valence-electron chi connectivity index (χ1n) is 6.10. The second kappa shape index (κ2) is 7.42. The molecule has 21 heavy (non-hydrogen) atoms. The maximum atomic E-state index is 12.1. The minimum Gasteiger partial charge on any atom is -0.504 e. The second-order valence-corrected chi connectivity index (χ2v) is 4.52. The van der Waals surface area contributed by atoms with E-state index in [1.54, 1.807) is 6.07 Å². The smallest absolute Gasteiger partial charge is 0.387 e. The molecule has 1 aliphatic heterocycles. The van der Waals surface area contributed by atoms with Gasteiger partial charge in [-0.3, -0.25) is 4.79 Å². The maximum Gasteiger partial charge on any atom is 0.387 e. The summed E-state index contributed by atoms with van der Waals surface area (Å²) in [5.41, 5.74) is 0.753. The zero-order chi connectivity index (χ0) is 14.7. The molecule has 1 fully saturated rings. The summed E-state index contributed by atoms with van der Waals surface area (Å²) in [6.07, 6.45) is 0.529. The van der Waals surface area contributed by atoms with Gasteiger partial charge in [-0.15, -0.1) is 12.4 Å². The standard InChI is InChI=1S/C13H15F2NO4.ClH/c1-19-12(18)9-4-8(6-16-9)7-2-3-11(10(17)5-7)20-13(14)15;/h2-3,5,8-9,13,16-17H,4,6H2,1H3;1H. The maximum absolute atomic E-state index is 12.1. The third-order valence-corrected chi connectivity index (χ3v) is 3.29. The van der Waals surface area contributed by atoms with Crippen molar-refractivity contribution in [2.24, 2.45) is 0 Å². The normalized spacial score (nSPS) is 21.0. The lowest BCUT2D eigenvalue weighted by Gasteiger charge is -2.12. The number of carbonyl (C=O) groups excluding carboxylic acids is 1. The Bertz CT molecular complexity index is 501. The Balaban J connectivity index is 0.00000220. The molecule has 5 nitrogen and oxygen atoms in total. The van der Waals surface area contributed by atoms with Crippen LogP contribution < -0.4 is 10.1 Å². The number of hydrogen-bond donors (Lipinski definition) is 2. The number of esters is 1. The van der Waals surface area contributed by atoms with Gasteiger partial charge in [-0.25, -0.2) is 0 Å². The van der Waals surface area contributed by atoms with Crippen LogP contribution in [0.3, 0.4) is 0 Å². The van der Waals surface area contributed by atoms with Gasteiger partial charge in [-0.2, -0.15) is 8.78 Å². The Morgan fingerprint density at radius 1 is 1.48 bits per heavy atom. The van der Waals surface area contributed by atoms with Crippen LogP contribution in [0.25, 0.3) is 0 Å². The van der Waals surface area contributed by atoms with Gasteiger partial charge in [-0.05, 0) is 30.0 Å². The molecule has 118 valence electrons. The third-order valence-electron chi connectivity index (χ3n) is 3.29. The van der Waals surface area contributed by atoms with Gasteiger partial charge in [0, 0.05) is 6.54 Å². The van der Waals surface area contributed by atoms with Crippen molar-refractivity contribution >= 4 is 18.4 Å². The summed E-state index contributed by atoms with van der Waals surface area (Å²) in [6, 6.07) is 3.89. The van der Waals surface area contributed by atoms with Crippen LogP contribution in [0.5, 0.6) is 11.5 Å². The first-order chi connectivity index (χ1) is 9.51. The van der Waals surface area contributed by atoms with Gasteiger partial charge in [0.15, 0.2) is 11.5 Å². The lowest BCUT2D eigenvalue weighted by atomic mass is 9.96. The molecule has 0 aliphatic carbocycles. The Labute approximate surface area is 126 Å². The lowest BCUT2D eigenvalue weighted by Crippen LogP contribution is -2.31. The molecule has 2 atom stereocenters. The van der Waals surface area contributed by atoms with Crippen LogP contribution in [0.1, 0.15) is 17.9 Å². The van der Waals surface area contributed by atoms with Gasteiger partial charge in [0.2, 0.25) is 0 Å². The van der Waals surface area contributed by atoms with Crippen LogP contribution in [0.4, 0.5) is 8.78 Å². The number of halogens is 3. The number of alkyl halides is 2. The number of nitrogens with one attached hydrogen (secondary N) is 1. The largest absolute Gasteiger partial charge is 0.504 e. The molecule has 2 N–H and O–H groups in total. The summed E-state index contributed by atoms with van der Waals surface area (Å²) in [7, 11) is 1.32. The number of hydrogen-bond acceptors (Lipinski definition) is 5. The van der Waals surface area contributed by atoms with Gasteiger partial charge in [0.1, 0.15) is 6.04 Å². The highest BCUT2D eigenvalue weighted by atomic mass is 35.5. The highest BCUT2D eigenvalue weighted by Gasteiger charge is 2.31. The molecule has 0 spiro atoms. The summed E-state index contributed by atoms with van der Waals surface area (Å²) < 4.78 is 33.0. The molecule has 1 aromatic carbocycles. The average molecular weight is 324 g/mol. The van der Waals surface area contributed by atoms with Gasteiger partial charge in [-0.1, -0.05) is 6.07 Å². The van der Waals surface area contributed by atoms with Crippen molar-refractivity contribution in [3.05, 3.63) is 23.8 Å². The van der Waals surface area contributed by atoms with Gasteiger partial charge >= 0.3 is 12.6 Å². The summed E-state index contributed by atoms with van der Waals surface area (Å²) in [4.78, 5) is 11.4. The van der Waals surface area contributed by atoms with E-state index in [4.69, 9.17) is 0 Å². The van der Waals surface area contributed by atoms with Crippen molar-refractivity contribution in [2.45, 2.75) is 25.0 Å². The van der Waals surface area contributed by atoms with Crippen molar-refractivity contribution in [3.63, 3.8) is 0 Å². The fraction of sp³-hybridized carbons (Fsp3) is 0.462. The molecule has 2 rings (SSSR count). The van der Waals surface area contributed by atoms with Gasteiger partial charge in [0.25, 0.3) is 0 Å². The van der Waals surface area contributed by atoms with E-state index in [2.05, 4.69) is 14.8 Å². The molecule has 2 unspecified atom stereocenters. The number of rotatable bonds is 4. The van der Waals surface area contributed by atoms with Crippen molar-refractivity contribution in [2.75, 3.05) is 13.7 Å². The van der Waals surface area contributed by atoms with Gasteiger partial charge in [0.05, 0.1) is 7.11 Å². The van der Waals surface area contributed by atoms with Crippen LogP contribution in [0.2, 0.25) is 0 Å². The highest BCUT2D eigenvalue weighted by Crippen LogP contribution is 2.34. The van der Waals surface area contributed by atoms with E-state index >= 15 is 0 Å². The second-order valence-electron chi connectivity index (χ2n) is 4.52. The summed E-state index contributed by atoms with van der Waals surface area (Å²) in [6.45, 7) is -2.43. The monoisotopic (exact) mass is 323 g/mol. The number of aromatic hydroxyl groups is 1. The summed E-state index contributed by atoms with van der Waals surface area (Å²) in [5.74, 6) is -0.941. The SMILES string of the molecule is COC(=O)C1CC(c2ccc(OC(F)F)c(O)c2)CN1.Cl. The lowest BCUT2D eigenvalue weighted by molar-refractivity contribution is -0.142. The minimum atomic E-state index is -2.98. The van der Waals surface area contributed by atoms with Crippen LogP contribution >= 0.6 is 12.4 Å². The van der Waals surface area contributed by atoms with E-state index in [1.165, 1.54) is 19.2 Å². The molecule has 0 radical (unpaired) electrons. The Morgan fingerprint density at radius 2 is 2.19 bits per heavy atom.